The van der Waals surface area contributed by atoms with E-state index in [1.54, 1.807) is 7.11 Å². The van der Waals surface area contributed by atoms with Crippen LogP contribution in [0.15, 0.2) is 54.6 Å². The Morgan fingerprint density at radius 3 is 2.39 bits per heavy atom. The van der Waals surface area contributed by atoms with E-state index >= 15 is 0 Å². The zero-order valence-corrected chi connectivity index (χ0v) is 11.1. The smallest absolute Gasteiger partial charge is 0.163 e. The van der Waals surface area contributed by atoms with E-state index in [-0.39, 0.29) is 14.1 Å². The normalized spacial score (nSPS) is 12.3. The minimum Gasteiger partial charge on any atom is -0.496 e. The number of ether oxygens (including phenoxy) is 1. The van der Waals surface area contributed by atoms with Gasteiger partial charge >= 0.3 is 0 Å². The fourth-order valence-electron chi connectivity index (χ4n) is 1.97. The van der Waals surface area contributed by atoms with Gasteiger partial charge in [0.25, 0.3) is 0 Å². The van der Waals surface area contributed by atoms with Crippen molar-refractivity contribution < 1.29 is 9.30 Å². The molecule has 0 spiro atoms. The summed E-state index contributed by atoms with van der Waals surface area (Å²) in [5.74, 6) is 0.849. The number of benzene rings is 2. The van der Waals surface area contributed by atoms with Crippen LogP contribution in [0.2, 0.25) is 0 Å². The quantitative estimate of drug-likeness (QED) is 0.748. The fraction of sp³-hybridized carbons (Fsp3) is 0.200. The van der Waals surface area contributed by atoms with Crippen molar-refractivity contribution in [3.8, 4) is 5.75 Å². The Morgan fingerprint density at radius 1 is 1.06 bits per heavy atom. The van der Waals surface area contributed by atoms with Crippen LogP contribution in [0.4, 0.5) is 0 Å². The van der Waals surface area contributed by atoms with Gasteiger partial charge in [-0.2, -0.15) is 0 Å². The Kier molecular flexibility index (Phi) is 4.49. The van der Waals surface area contributed by atoms with E-state index in [1.165, 1.54) is 0 Å². The Hall–Kier alpha value is -1.66. The molecule has 0 aliphatic carbocycles. The summed E-state index contributed by atoms with van der Waals surface area (Å²) in [4.78, 5) is 0. The molecule has 3 heteroatoms. The Morgan fingerprint density at radius 2 is 1.72 bits per heavy atom. The average Bonchev–Trinajstić information content (AvgIpc) is 2.46. The first kappa shape index (κ1) is 12.8. The summed E-state index contributed by atoms with van der Waals surface area (Å²) in [6, 6.07) is 17.8. The van der Waals surface area contributed by atoms with E-state index in [4.69, 9.17) is 4.74 Å². The molecule has 92 valence electrons. The molecule has 2 aromatic rings. The van der Waals surface area contributed by atoms with Gasteiger partial charge in [0.1, 0.15) is 5.75 Å². The molecule has 0 fully saturated rings. The summed E-state index contributed by atoms with van der Waals surface area (Å²) in [6.45, 7) is 0. The zero-order valence-electron chi connectivity index (χ0n) is 10.2. The lowest BCUT2D eigenvalue weighted by atomic mass is 10.0. The Labute approximate surface area is 109 Å². The van der Waals surface area contributed by atoms with Crippen LogP contribution >= 0.6 is 8.46 Å². The maximum Gasteiger partial charge on any atom is 0.163 e. The highest BCUT2D eigenvalue weighted by atomic mass is 31.1. The third kappa shape index (κ3) is 2.96. The van der Waals surface area contributed by atoms with Crippen molar-refractivity contribution in [1.29, 1.82) is 0 Å². The Balaban J connectivity index is 2.23. The first-order valence-electron chi connectivity index (χ1n) is 5.84. The molecule has 2 nitrogen and oxygen atoms in total. The molecule has 0 N–H and O–H groups in total. The van der Waals surface area contributed by atoms with E-state index in [2.05, 4.69) is 0 Å². The summed E-state index contributed by atoms with van der Waals surface area (Å²) in [6.07, 6.45) is 0.707. The number of para-hydroxylation sites is 1. The fourth-order valence-corrected chi connectivity index (χ4v) is 2.54. The molecule has 0 heterocycles. The SMILES string of the molecule is COc1ccccc1C[C@H](P=O)c1ccccc1. The third-order valence-corrected chi connectivity index (χ3v) is 3.65. The molecular weight excluding hydrogens is 243 g/mol. The monoisotopic (exact) mass is 258 g/mol. The van der Waals surface area contributed by atoms with Crippen LogP contribution in [0.5, 0.6) is 5.75 Å². The van der Waals surface area contributed by atoms with Crippen LogP contribution in [0.1, 0.15) is 16.8 Å². The molecule has 0 saturated carbocycles. The predicted octanol–water partition coefficient (Wildman–Crippen LogP) is 4.27. The van der Waals surface area contributed by atoms with E-state index in [1.807, 2.05) is 54.6 Å². The molecule has 0 amide bonds. The molecule has 2 rings (SSSR count). The van der Waals surface area contributed by atoms with E-state index < -0.39 is 0 Å². The van der Waals surface area contributed by atoms with E-state index in [0.29, 0.717) is 6.42 Å². The van der Waals surface area contributed by atoms with Gasteiger partial charge in [-0.25, -0.2) is 0 Å². The van der Waals surface area contributed by atoms with Crippen LogP contribution in [-0.2, 0) is 11.0 Å². The minimum absolute atomic E-state index is 0.0255. The van der Waals surface area contributed by atoms with Crippen molar-refractivity contribution in [2.24, 2.45) is 0 Å². The highest BCUT2D eigenvalue weighted by molar-refractivity contribution is 7.24. The second-order valence-corrected chi connectivity index (χ2v) is 4.88. The number of rotatable bonds is 5. The van der Waals surface area contributed by atoms with Gasteiger partial charge < -0.3 is 4.74 Å². The van der Waals surface area contributed by atoms with Gasteiger partial charge in [0.2, 0.25) is 0 Å². The van der Waals surface area contributed by atoms with E-state index in [0.717, 1.165) is 16.9 Å². The average molecular weight is 258 g/mol. The third-order valence-electron chi connectivity index (χ3n) is 2.92. The molecule has 1 atom stereocenters. The molecular formula is C15H15O2P. The van der Waals surface area contributed by atoms with Gasteiger partial charge in [-0.1, -0.05) is 48.5 Å². The minimum atomic E-state index is -0.0255. The summed E-state index contributed by atoms with van der Waals surface area (Å²) in [7, 11) is 1.80. The zero-order chi connectivity index (χ0) is 12.8. The van der Waals surface area contributed by atoms with Gasteiger partial charge in [-0.05, 0) is 23.6 Å². The second kappa shape index (κ2) is 6.32. The van der Waals surface area contributed by atoms with Crippen molar-refractivity contribution in [2.45, 2.75) is 12.1 Å². The summed E-state index contributed by atoms with van der Waals surface area (Å²) in [5, 5.41) is 0. The summed E-state index contributed by atoms with van der Waals surface area (Å²) >= 11 is 0. The summed E-state index contributed by atoms with van der Waals surface area (Å²) in [5.41, 5.74) is 2.14. The number of hydrogen-bond acceptors (Lipinski definition) is 2. The van der Waals surface area contributed by atoms with Crippen LogP contribution in [0.3, 0.4) is 0 Å². The van der Waals surface area contributed by atoms with Crippen molar-refractivity contribution in [3.63, 3.8) is 0 Å². The maximum absolute atomic E-state index is 11.4. The largest absolute Gasteiger partial charge is 0.496 e. The van der Waals surface area contributed by atoms with Crippen LogP contribution < -0.4 is 4.74 Å². The highest BCUT2D eigenvalue weighted by Gasteiger charge is 2.14. The van der Waals surface area contributed by atoms with Gasteiger partial charge in [0.05, 0.1) is 12.8 Å². The molecule has 0 aromatic heterocycles. The predicted molar refractivity (Wildman–Crippen MR) is 73.5 cm³/mol. The lowest BCUT2D eigenvalue weighted by molar-refractivity contribution is 0.409. The Bertz CT molecular complexity index is 511. The van der Waals surface area contributed by atoms with Gasteiger partial charge in [-0.15, -0.1) is 0 Å². The van der Waals surface area contributed by atoms with Crippen molar-refractivity contribution >= 4 is 8.46 Å². The molecule has 0 aliphatic rings. The number of hydrogen-bond donors (Lipinski definition) is 0. The van der Waals surface area contributed by atoms with Crippen LogP contribution in [-0.4, -0.2) is 7.11 Å². The molecule has 0 aliphatic heterocycles. The molecule has 18 heavy (non-hydrogen) atoms. The molecule has 0 saturated heterocycles. The molecule has 0 radical (unpaired) electrons. The molecule has 0 unspecified atom stereocenters. The van der Waals surface area contributed by atoms with Gasteiger partial charge in [0, 0.05) is 0 Å². The summed E-state index contributed by atoms with van der Waals surface area (Å²) < 4.78 is 16.7. The first-order chi connectivity index (χ1) is 8.85. The van der Waals surface area contributed by atoms with Gasteiger partial charge in [0.15, 0.2) is 8.46 Å². The van der Waals surface area contributed by atoms with Gasteiger partial charge in [-0.3, -0.25) is 4.57 Å². The van der Waals surface area contributed by atoms with Crippen molar-refractivity contribution in [1.82, 2.24) is 0 Å². The van der Waals surface area contributed by atoms with E-state index in [9.17, 15) is 4.57 Å². The second-order valence-electron chi connectivity index (χ2n) is 4.05. The van der Waals surface area contributed by atoms with Crippen LogP contribution in [0, 0.1) is 0 Å². The lowest BCUT2D eigenvalue weighted by Crippen LogP contribution is -1.98. The highest BCUT2D eigenvalue weighted by Crippen LogP contribution is 2.33. The van der Waals surface area contributed by atoms with Crippen LogP contribution in [0.25, 0.3) is 0 Å². The van der Waals surface area contributed by atoms with Crippen molar-refractivity contribution in [2.75, 3.05) is 7.11 Å². The maximum atomic E-state index is 11.4. The topological polar surface area (TPSA) is 26.3 Å². The van der Waals surface area contributed by atoms with Crippen molar-refractivity contribution in [3.05, 3.63) is 65.7 Å². The molecule has 0 bridgehead atoms. The molecule has 2 aromatic carbocycles. The first-order valence-corrected chi connectivity index (χ1v) is 6.72. The number of methoxy groups -OCH3 is 1. The lowest BCUT2D eigenvalue weighted by Gasteiger charge is -2.12. The standard InChI is InChI=1S/C15H15O2P/c1-17-14-10-6-5-9-13(14)11-15(18-16)12-7-3-2-4-8-12/h2-10,15H,11H2,1H3/t15-/m0/s1.